The highest BCUT2D eigenvalue weighted by Gasteiger charge is 2.30. The van der Waals surface area contributed by atoms with Crippen molar-refractivity contribution in [2.24, 2.45) is 0 Å². The zero-order valence-corrected chi connectivity index (χ0v) is 12.9. The van der Waals surface area contributed by atoms with Gasteiger partial charge in [-0.1, -0.05) is 12.1 Å². The number of nitrogens with zero attached hydrogens (tertiary/aromatic N) is 2. The number of nitrogens with one attached hydrogen (secondary N) is 2. The van der Waals surface area contributed by atoms with Crippen LogP contribution in [0.5, 0.6) is 0 Å². The van der Waals surface area contributed by atoms with Crippen LogP contribution in [0.25, 0.3) is 0 Å². The van der Waals surface area contributed by atoms with E-state index in [-0.39, 0.29) is 17.9 Å². The Bertz CT molecular complexity index is 600. The monoisotopic (exact) mass is 301 g/mol. The van der Waals surface area contributed by atoms with Gasteiger partial charge in [0.25, 0.3) is 5.91 Å². The number of carbonyl (C=O) groups is 2. The van der Waals surface area contributed by atoms with Gasteiger partial charge in [-0.05, 0) is 19.1 Å². The zero-order chi connectivity index (χ0) is 16.1. The number of anilines is 1. The molecule has 0 aliphatic carbocycles. The van der Waals surface area contributed by atoms with Crippen molar-refractivity contribution in [3.05, 3.63) is 29.8 Å². The van der Waals surface area contributed by atoms with Crippen LogP contribution in [0, 0.1) is 11.3 Å². The molecule has 6 nitrogen and oxygen atoms in total. The van der Waals surface area contributed by atoms with Gasteiger partial charge >= 0.3 is 0 Å². The van der Waals surface area contributed by atoms with Gasteiger partial charge in [-0.2, -0.15) is 5.26 Å². The van der Waals surface area contributed by atoms with Crippen LogP contribution in [0.3, 0.4) is 0 Å². The molecule has 22 heavy (non-hydrogen) atoms. The third-order valence-electron chi connectivity index (χ3n) is 4.16. The molecule has 0 saturated carbocycles. The van der Waals surface area contributed by atoms with Gasteiger partial charge in [0.2, 0.25) is 5.91 Å². The number of hydrogen-bond donors (Lipinski definition) is 2. The van der Waals surface area contributed by atoms with Crippen molar-refractivity contribution in [2.75, 3.05) is 31.5 Å². The first-order valence-corrected chi connectivity index (χ1v) is 7.43. The van der Waals surface area contributed by atoms with E-state index in [0.29, 0.717) is 24.3 Å². The molecule has 1 aliphatic rings. The number of quaternary nitrogens is 1. The topological polar surface area (TPSA) is 77.6 Å². The van der Waals surface area contributed by atoms with Crippen molar-refractivity contribution in [3.8, 4) is 6.07 Å². The molecule has 0 spiro atoms. The quantitative estimate of drug-likeness (QED) is 0.800. The minimum atomic E-state index is -0.221. The number of amides is 2. The lowest BCUT2D eigenvalue weighted by atomic mass is 10.1. The summed E-state index contributed by atoms with van der Waals surface area (Å²) < 4.78 is 0. The first-order chi connectivity index (χ1) is 10.5. The number of hydrogen-bond acceptors (Lipinski definition) is 3. The Labute approximate surface area is 130 Å². The summed E-state index contributed by atoms with van der Waals surface area (Å²) in [5, 5.41) is 11.9. The number of rotatable bonds is 3. The first-order valence-electron chi connectivity index (χ1n) is 7.43. The van der Waals surface area contributed by atoms with Crippen molar-refractivity contribution >= 4 is 17.5 Å². The van der Waals surface area contributed by atoms with Gasteiger partial charge in [0.05, 0.1) is 37.4 Å². The third kappa shape index (κ3) is 3.62. The summed E-state index contributed by atoms with van der Waals surface area (Å²) in [6.07, 6.45) is 0. The highest BCUT2D eigenvalue weighted by atomic mass is 16.2. The number of benzene rings is 1. The fraction of sp³-hybridized carbons (Fsp3) is 0.438. The Balaban J connectivity index is 1.96. The normalized spacial score (nSPS) is 16.7. The van der Waals surface area contributed by atoms with Crippen LogP contribution < -0.4 is 10.2 Å². The molecule has 1 aliphatic heterocycles. The molecular weight excluding hydrogens is 280 g/mol. The van der Waals surface area contributed by atoms with E-state index in [9.17, 15) is 9.59 Å². The smallest absolute Gasteiger partial charge is 0.282 e. The maximum atomic E-state index is 12.4. The van der Waals surface area contributed by atoms with Crippen LogP contribution in [0.1, 0.15) is 19.4 Å². The zero-order valence-electron chi connectivity index (χ0n) is 12.9. The van der Waals surface area contributed by atoms with Crippen LogP contribution in [0.4, 0.5) is 5.69 Å². The highest BCUT2D eigenvalue weighted by molar-refractivity contribution is 5.94. The van der Waals surface area contributed by atoms with Gasteiger partial charge in [-0.3, -0.25) is 9.59 Å². The van der Waals surface area contributed by atoms with E-state index in [1.54, 1.807) is 36.1 Å². The van der Waals surface area contributed by atoms with E-state index in [1.807, 2.05) is 6.92 Å². The van der Waals surface area contributed by atoms with E-state index in [0.717, 1.165) is 18.0 Å². The Morgan fingerprint density at radius 3 is 2.55 bits per heavy atom. The fourth-order valence-electron chi connectivity index (χ4n) is 2.66. The third-order valence-corrected chi connectivity index (χ3v) is 4.16. The standard InChI is InChI=1S/C16H20N4O2/c1-12(19-7-9-20(10-8-19)13(2)21)16(22)18-15-6-4-3-5-14(15)11-17/h3-6,12H,7-10H2,1-2H3,(H,18,22)/p+1/t12-/m1/s1. The van der Waals surface area contributed by atoms with E-state index in [1.165, 1.54) is 0 Å². The first kappa shape index (κ1) is 16.0. The summed E-state index contributed by atoms with van der Waals surface area (Å²) >= 11 is 0. The molecule has 2 amide bonds. The molecular formula is C16H21N4O2+. The Kier molecular flexibility index (Phi) is 5.12. The van der Waals surface area contributed by atoms with Crippen molar-refractivity contribution < 1.29 is 14.5 Å². The van der Waals surface area contributed by atoms with E-state index >= 15 is 0 Å². The fourth-order valence-corrected chi connectivity index (χ4v) is 2.66. The lowest BCUT2D eigenvalue weighted by Crippen LogP contribution is -3.19. The second-order valence-corrected chi connectivity index (χ2v) is 5.53. The molecule has 2 N–H and O–H groups in total. The summed E-state index contributed by atoms with van der Waals surface area (Å²) in [5.41, 5.74) is 1.00. The molecule has 116 valence electrons. The van der Waals surface area contributed by atoms with Crippen LogP contribution in [-0.2, 0) is 9.59 Å². The second kappa shape index (κ2) is 7.05. The molecule has 1 fully saturated rings. The predicted octanol–water partition coefficient (Wildman–Crippen LogP) is -0.368. The molecule has 2 rings (SSSR count). The minimum absolute atomic E-state index is 0.0825. The maximum absolute atomic E-state index is 12.4. The van der Waals surface area contributed by atoms with Crippen LogP contribution >= 0.6 is 0 Å². The molecule has 0 bridgehead atoms. The lowest BCUT2D eigenvalue weighted by Gasteiger charge is -2.34. The molecule has 0 radical (unpaired) electrons. The van der Waals surface area contributed by atoms with Crippen molar-refractivity contribution in [3.63, 3.8) is 0 Å². The molecule has 0 unspecified atom stereocenters. The predicted molar refractivity (Wildman–Crippen MR) is 82.2 cm³/mol. The molecule has 1 heterocycles. The van der Waals surface area contributed by atoms with Crippen molar-refractivity contribution in [2.45, 2.75) is 19.9 Å². The van der Waals surface area contributed by atoms with Gasteiger partial charge in [0.15, 0.2) is 6.04 Å². The van der Waals surface area contributed by atoms with Crippen LogP contribution in [0.2, 0.25) is 0 Å². The van der Waals surface area contributed by atoms with Gasteiger partial charge in [0, 0.05) is 6.92 Å². The average molecular weight is 301 g/mol. The number of carbonyl (C=O) groups excluding carboxylic acids is 2. The number of nitriles is 1. The molecule has 1 aromatic carbocycles. The minimum Gasteiger partial charge on any atom is -0.332 e. The summed E-state index contributed by atoms with van der Waals surface area (Å²) in [6.45, 7) is 6.32. The second-order valence-electron chi connectivity index (χ2n) is 5.53. The summed E-state index contributed by atoms with van der Waals surface area (Å²) in [4.78, 5) is 26.7. The molecule has 6 heteroatoms. The molecule has 1 saturated heterocycles. The average Bonchev–Trinajstić information content (AvgIpc) is 2.54. The van der Waals surface area contributed by atoms with E-state index in [2.05, 4.69) is 11.4 Å². The summed E-state index contributed by atoms with van der Waals surface area (Å²) in [6, 6.07) is 8.82. The molecule has 0 aromatic heterocycles. The van der Waals surface area contributed by atoms with E-state index in [4.69, 9.17) is 5.26 Å². The SMILES string of the molecule is CC(=O)N1CC[NH+]([C@H](C)C(=O)Nc2ccccc2C#N)CC1. The molecule has 1 atom stereocenters. The summed E-state index contributed by atoms with van der Waals surface area (Å²) in [5.74, 6) is -0.0203. The van der Waals surface area contributed by atoms with Crippen LogP contribution in [-0.4, -0.2) is 48.9 Å². The van der Waals surface area contributed by atoms with Gasteiger partial charge in [0.1, 0.15) is 6.07 Å². The van der Waals surface area contributed by atoms with Crippen molar-refractivity contribution in [1.82, 2.24) is 4.90 Å². The summed E-state index contributed by atoms with van der Waals surface area (Å²) in [7, 11) is 0. The van der Waals surface area contributed by atoms with Gasteiger partial charge in [-0.15, -0.1) is 0 Å². The Hall–Kier alpha value is -2.39. The van der Waals surface area contributed by atoms with Crippen LogP contribution in [0.15, 0.2) is 24.3 Å². The van der Waals surface area contributed by atoms with Gasteiger partial charge in [-0.25, -0.2) is 0 Å². The molecule has 1 aromatic rings. The Morgan fingerprint density at radius 1 is 1.32 bits per heavy atom. The number of piperazine rings is 1. The maximum Gasteiger partial charge on any atom is 0.282 e. The largest absolute Gasteiger partial charge is 0.332 e. The highest BCUT2D eigenvalue weighted by Crippen LogP contribution is 2.13. The van der Waals surface area contributed by atoms with Gasteiger partial charge < -0.3 is 15.1 Å². The Morgan fingerprint density at radius 2 is 1.95 bits per heavy atom. The van der Waals surface area contributed by atoms with E-state index < -0.39 is 0 Å². The van der Waals surface area contributed by atoms with Crippen molar-refractivity contribution in [1.29, 1.82) is 5.26 Å². The number of para-hydroxylation sites is 1. The lowest BCUT2D eigenvalue weighted by molar-refractivity contribution is -0.917.